The molecule has 3 N–H and O–H groups in total. The van der Waals surface area contributed by atoms with Crippen molar-refractivity contribution in [1.82, 2.24) is 0 Å². The van der Waals surface area contributed by atoms with E-state index in [0.717, 1.165) is 44.9 Å². The summed E-state index contributed by atoms with van der Waals surface area (Å²) >= 11 is 0. The van der Waals surface area contributed by atoms with E-state index in [1.165, 1.54) is 0 Å². The van der Waals surface area contributed by atoms with Crippen molar-refractivity contribution in [3.63, 3.8) is 0 Å². The van der Waals surface area contributed by atoms with Crippen LogP contribution in [0.5, 0.6) is 0 Å². The average Bonchev–Trinajstić information content (AvgIpc) is 2.95. The van der Waals surface area contributed by atoms with Gasteiger partial charge in [-0.1, -0.05) is 27.2 Å². The van der Waals surface area contributed by atoms with Crippen LogP contribution in [0.25, 0.3) is 0 Å². The first kappa shape index (κ1) is 18.6. The zero-order valence-electron chi connectivity index (χ0n) is 15.7. The monoisotopic (exact) mass is 340 g/mol. The molecular weight excluding hydrogens is 304 g/mol. The van der Waals surface area contributed by atoms with Gasteiger partial charge in [0.2, 0.25) is 0 Å². The number of fused-ring (bicyclic) bond motifs is 2. The van der Waals surface area contributed by atoms with Gasteiger partial charge < -0.3 is 20.1 Å². The second kappa shape index (κ2) is 6.22. The van der Waals surface area contributed by atoms with Gasteiger partial charge in [0, 0.05) is 25.0 Å². The minimum atomic E-state index is -0.582. The topological polar surface area (TPSA) is 69.9 Å². The van der Waals surface area contributed by atoms with E-state index in [9.17, 15) is 15.3 Å². The van der Waals surface area contributed by atoms with Crippen LogP contribution < -0.4 is 0 Å². The van der Waals surface area contributed by atoms with Crippen molar-refractivity contribution >= 4 is 0 Å². The second-order valence-electron chi connectivity index (χ2n) is 9.42. The summed E-state index contributed by atoms with van der Waals surface area (Å²) in [5.74, 6) is 0.912. The Bertz CT molecular complexity index is 469. The van der Waals surface area contributed by atoms with Gasteiger partial charge >= 0.3 is 0 Å². The molecule has 3 rings (SSSR count). The fraction of sp³-hybridized carbons (Fsp3) is 1.00. The first-order valence-electron chi connectivity index (χ1n) is 9.84. The van der Waals surface area contributed by atoms with E-state index >= 15 is 0 Å². The Kier molecular flexibility index (Phi) is 4.83. The van der Waals surface area contributed by atoms with Gasteiger partial charge in [0.05, 0.1) is 17.8 Å². The highest BCUT2D eigenvalue weighted by Gasteiger charge is 2.67. The number of ether oxygens (including phenoxy) is 1. The summed E-state index contributed by atoms with van der Waals surface area (Å²) in [6.45, 7) is 7.23. The summed E-state index contributed by atoms with van der Waals surface area (Å²) < 4.78 is 6.80. The molecule has 3 fully saturated rings. The van der Waals surface area contributed by atoms with Crippen molar-refractivity contribution in [2.75, 3.05) is 19.8 Å². The van der Waals surface area contributed by atoms with Gasteiger partial charge in [0.1, 0.15) is 0 Å². The Morgan fingerprint density at radius 3 is 2.33 bits per heavy atom. The van der Waals surface area contributed by atoms with Gasteiger partial charge in [-0.05, 0) is 55.8 Å². The summed E-state index contributed by atoms with van der Waals surface area (Å²) in [7, 11) is 0. The molecule has 0 aromatic rings. The number of aliphatic hydroxyl groups excluding tert-OH is 3. The second-order valence-corrected chi connectivity index (χ2v) is 9.42. The molecule has 4 nitrogen and oxygen atoms in total. The van der Waals surface area contributed by atoms with Crippen LogP contribution in [-0.4, -0.2) is 46.3 Å². The van der Waals surface area contributed by atoms with Crippen molar-refractivity contribution in [3.05, 3.63) is 0 Å². The van der Waals surface area contributed by atoms with E-state index in [0.29, 0.717) is 18.3 Å². The van der Waals surface area contributed by atoms with E-state index in [4.69, 9.17) is 4.74 Å². The van der Waals surface area contributed by atoms with Crippen molar-refractivity contribution in [2.45, 2.75) is 83.3 Å². The van der Waals surface area contributed by atoms with Crippen molar-refractivity contribution in [2.24, 2.45) is 22.7 Å². The average molecular weight is 341 g/mol. The minimum Gasteiger partial charge on any atom is -0.396 e. The SMILES string of the molecule is C[C@H]1CC[C@@H]2[C@@](C)(CO)CCC[C@@]2(C)[C@]12CC[C@@](CO)(CCO)O2. The summed E-state index contributed by atoms with van der Waals surface area (Å²) in [6.07, 6.45) is 7.94. The van der Waals surface area contributed by atoms with E-state index in [2.05, 4.69) is 20.8 Å². The molecule has 1 spiro atoms. The summed E-state index contributed by atoms with van der Waals surface area (Å²) in [5.41, 5.74) is -0.802. The molecule has 3 aliphatic rings. The fourth-order valence-electron chi connectivity index (χ4n) is 6.77. The van der Waals surface area contributed by atoms with Crippen LogP contribution in [0.3, 0.4) is 0 Å². The molecule has 0 amide bonds. The van der Waals surface area contributed by atoms with Crippen LogP contribution in [-0.2, 0) is 4.74 Å². The van der Waals surface area contributed by atoms with Gasteiger partial charge in [0.25, 0.3) is 0 Å². The lowest BCUT2D eigenvalue weighted by molar-refractivity contribution is -0.259. The predicted molar refractivity (Wildman–Crippen MR) is 93.6 cm³/mol. The summed E-state index contributed by atoms with van der Waals surface area (Å²) in [6, 6.07) is 0. The molecule has 1 aliphatic heterocycles. The molecule has 140 valence electrons. The van der Waals surface area contributed by atoms with Crippen LogP contribution in [0, 0.1) is 22.7 Å². The third kappa shape index (κ3) is 2.40. The lowest BCUT2D eigenvalue weighted by Gasteiger charge is -2.64. The first-order chi connectivity index (χ1) is 11.3. The van der Waals surface area contributed by atoms with Gasteiger partial charge in [-0.25, -0.2) is 0 Å². The summed E-state index contributed by atoms with van der Waals surface area (Å²) in [4.78, 5) is 0. The van der Waals surface area contributed by atoms with Gasteiger partial charge in [-0.2, -0.15) is 0 Å². The van der Waals surface area contributed by atoms with Gasteiger partial charge in [-0.15, -0.1) is 0 Å². The highest BCUT2D eigenvalue weighted by Crippen LogP contribution is 2.67. The van der Waals surface area contributed by atoms with Crippen LogP contribution in [0.1, 0.15) is 72.1 Å². The Morgan fingerprint density at radius 1 is 0.958 bits per heavy atom. The molecule has 1 heterocycles. The zero-order valence-corrected chi connectivity index (χ0v) is 15.7. The van der Waals surface area contributed by atoms with E-state index < -0.39 is 5.60 Å². The Balaban J connectivity index is 2.00. The lowest BCUT2D eigenvalue weighted by Crippen LogP contribution is -2.64. The van der Waals surface area contributed by atoms with Crippen LogP contribution >= 0.6 is 0 Å². The maximum absolute atomic E-state index is 10.1. The number of rotatable bonds is 4. The fourth-order valence-corrected chi connectivity index (χ4v) is 6.77. The third-order valence-electron chi connectivity index (χ3n) is 8.27. The van der Waals surface area contributed by atoms with Crippen molar-refractivity contribution in [1.29, 1.82) is 0 Å². The molecule has 2 aliphatic carbocycles. The molecule has 1 saturated heterocycles. The van der Waals surface area contributed by atoms with Gasteiger partial charge in [0.15, 0.2) is 0 Å². The number of hydrogen-bond donors (Lipinski definition) is 3. The third-order valence-corrected chi connectivity index (χ3v) is 8.27. The summed E-state index contributed by atoms with van der Waals surface area (Å²) in [5, 5.41) is 29.6. The molecule has 24 heavy (non-hydrogen) atoms. The molecule has 2 saturated carbocycles. The smallest absolute Gasteiger partial charge is 0.0942 e. The maximum atomic E-state index is 10.1. The molecular formula is C20H36O4. The first-order valence-corrected chi connectivity index (χ1v) is 9.84. The van der Waals surface area contributed by atoms with E-state index in [1.54, 1.807) is 0 Å². The Hall–Kier alpha value is -0.160. The van der Waals surface area contributed by atoms with Crippen molar-refractivity contribution < 1.29 is 20.1 Å². The normalized spacial score (nSPS) is 51.8. The highest BCUT2D eigenvalue weighted by atomic mass is 16.5. The highest BCUT2D eigenvalue weighted by molar-refractivity contribution is 5.16. The molecule has 0 radical (unpaired) electrons. The maximum Gasteiger partial charge on any atom is 0.0942 e. The largest absolute Gasteiger partial charge is 0.396 e. The van der Waals surface area contributed by atoms with E-state index in [-0.39, 0.29) is 36.3 Å². The lowest BCUT2D eigenvalue weighted by atomic mass is 9.44. The minimum absolute atomic E-state index is 0.0138. The van der Waals surface area contributed by atoms with E-state index in [1.807, 2.05) is 0 Å². The molecule has 4 heteroatoms. The predicted octanol–water partition coefficient (Wildman–Crippen LogP) is 2.88. The van der Waals surface area contributed by atoms with Crippen LogP contribution in [0.4, 0.5) is 0 Å². The Labute approximate surface area is 146 Å². The number of hydrogen-bond acceptors (Lipinski definition) is 4. The molecule has 6 atom stereocenters. The molecule has 0 aromatic carbocycles. The molecule has 0 unspecified atom stereocenters. The van der Waals surface area contributed by atoms with Crippen molar-refractivity contribution in [3.8, 4) is 0 Å². The van der Waals surface area contributed by atoms with Gasteiger partial charge in [-0.3, -0.25) is 0 Å². The Morgan fingerprint density at radius 2 is 1.71 bits per heavy atom. The van der Waals surface area contributed by atoms with Crippen LogP contribution in [0.15, 0.2) is 0 Å². The molecule has 0 aromatic heterocycles. The quantitative estimate of drug-likeness (QED) is 0.736. The molecule has 0 bridgehead atoms. The number of aliphatic hydroxyl groups is 3. The standard InChI is InChI=1S/C20H36O4/c1-15-5-6-16-17(2,13-22)7-4-8-18(16,3)20(15)10-9-19(14-23,24-20)11-12-21/h15-16,21-23H,4-14H2,1-3H3/t15-,16+,17+,18+,19-,20-/m0/s1. The van der Waals surface area contributed by atoms with Crippen LogP contribution in [0.2, 0.25) is 0 Å². The zero-order chi connectivity index (χ0) is 17.6.